The summed E-state index contributed by atoms with van der Waals surface area (Å²) in [5.74, 6) is -0.380. The van der Waals surface area contributed by atoms with Crippen molar-refractivity contribution in [1.82, 2.24) is 10.6 Å². The highest BCUT2D eigenvalue weighted by Crippen LogP contribution is 2.32. The SMILES string of the molecule is CCOC(=O)C1=C(CN2c3ccccc3C[C@H]2C)NC(=O)NC1. The molecule has 3 rings (SSSR count). The summed E-state index contributed by atoms with van der Waals surface area (Å²) in [6.45, 7) is 4.91. The molecule has 2 N–H and O–H groups in total. The highest BCUT2D eigenvalue weighted by Gasteiger charge is 2.30. The van der Waals surface area contributed by atoms with Crippen molar-refractivity contribution in [2.75, 3.05) is 24.6 Å². The van der Waals surface area contributed by atoms with E-state index >= 15 is 0 Å². The molecular weight excluding hydrogens is 294 g/mol. The maximum absolute atomic E-state index is 12.1. The van der Waals surface area contributed by atoms with E-state index < -0.39 is 0 Å². The van der Waals surface area contributed by atoms with Crippen LogP contribution in [0.3, 0.4) is 0 Å². The van der Waals surface area contributed by atoms with Gasteiger partial charge in [-0.1, -0.05) is 18.2 Å². The Hall–Kier alpha value is -2.50. The summed E-state index contributed by atoms with van der Waals surface area (Å²) in [5.41, 5.74) is 3.56. The van der Waals surface area contributed by atoms with Crippen molar-refractivity contribution in [1.29, 1.82) is 0 Å². The van der Waals surface area contributed by atoms with Gasteiger partial charge in [0.25, 0.3) is 0 Å². The minimum absolute atomic E-state index is 0.198. The van der Waals surface area contributed by atoms with Gasteiger partial charge in [0.15, 0.2) is 0 Å². The molecule has 0 aliphatic carbocycles. The van der Waals surface area contributed by atoms with Crippen LogP contribution in [0.15, 0.2) is 35.5 Å². The zero-order chi connectivity index (χ0) is 16.4. The number of hydrogen-bond acceptors (Lipinski definition) is 4. The Morgan fingerprint density at radius 1 is 1.39 bits per heavy atom. The predicted molar refractivity (Wildman–Crippen MR) is 87.1 cm³/mol. The van der Waals surface area contributed by atoms with Gasteiger partial charge in [0.2, 0.25) is 0 Å². The number of benzene rings is 1. The summed E-state index contributed by atoms with van der Waals surface area (Å²) < 4.78 is 5.10. The monoisotopic (exact) mass is 315 g/mol. The van der Waals surface area contributed by atoms with Crippen LogP contribution in [0.1, 0.15) is 19.4 Å². The Labute approximate surface area is 135 Å². The molecule has 2 amide bonds. The smallest absolute Gasteiger partial charge is 0.337 e. The standard InChI is InChI=1S/C17H21N3O3/c1-3-23-16(21)13-9-18-17(22)19-14(13)10-20-11(2)8-12-6-4-5-7-15(12)20/h4-7,11H,3,8-10H2,1-2H3,(H2,18,19,22)/t11-/m1/s1. The average molecular weight is 315 g/mol. The number of hydrogen-bond donors (Lipinski definition) is 2. The highest BCUT2D eigenvalue weighted by molar-refractivity contribution is 5.94. The van der Waals surface area contributed by atoms with Crippen molar-refractivity contribution in [3.8, 4) is 0 Å². The molecule has 1 atom stereocenters. The van der Waals surface area contributed by atoms with Gasteiger partial charge in [0.1, 0.15) is 0 Å². The van der Waals surface area contributed by atoms with E-state index in [0.29, 0.717) is 30.5 Å². The Morgan fingerprint density at radius 3 is 2.96 bits per heavy atom. The number of rotatable bonds is 4. The predicted octanol–water partition coefficient (Wildman–Crippen LogP) is 1.57. The first-order valence-electron chi connectivity index (χ1n) is 7.88. The third-order valence-corrected chi connectivity index (χ3v) is 4.25. The van der Waals surface area contributed by atoms with Gasteiger partial charge in [-0.25, -0.2) is 9.59 Å². The lowest BCUT2D eigenvalue weighted by atomic mass is 10.1. The van der Waals surface area contributed by atoms with E-state index in [1.54, 1.807) is 6.92 Å². The van der Waals surface area contributed by atoms with Gasteiger partial charge in [0, 0.05) is 11.7 Å². The summed E-state index contributed by atoms with van der Waals surface area (Å²) in [5, 5.41) is 5.40. The van der Waals surface area contributed by atoms with Crippen molar-refractivity contribution in [3.05, 3.63) is 41.1 Å². The fourth-order valence-corrected chi connectivity index (χ4v) is 3.12. The van der Waals surface area contributed by atoms with Gasteiger partial charge in [0.05, 0.1) is 31.0 Å². The van der Waals surface area contributed by atoms with Gasteiger partial charge in [-0.15, -0.1) is 0 Å². The number of urea groups is 1. The molecule has 2 aliphatic heterocycles. The van der Waals surface area contributed by atoms with Gasteiger partial charge < -0.3 is 20.3 Å². The molecule has 0 saturated heterocycles. The van der Waals surface area contributed by atoms with Crippen LogP contribution in [-0.4, -0.2) is 37.7 Å². The van der Waals surface area contributed by atoms with Gasteiger partial charge in [-0.2, -0.15) is 0 Å². The zero-order valence-electron chi connectivity index (χ0n) is 13.4. The van der Waals surface area contributed by atoms with Crippen LogP contribution in [0.25, 0.3) is 0 Å². The first-order chi connectivity index (χ1) is 11.1. The number of carbonyl (C=O) groups is 2. The molecular formula is C17H21N3O3. The summed E-state index contributed by atoms with van der Waals surface area (Å²) >= 11 is 0. The largest absolute Gasteiger partial charge is 0.463 e. The van der Waals surface area contributed by atoms with E-state index in [-0.39, 0.29) is 18.5 Å². The second kappa shape index (κ2) is 6.32. The molecule has 0 spiro atoms. The number of carbonyl (C=O) groups excluding carboxylic acids is 2. The van der Waals surface area contributed by atoms with E-state index in [4.69, 9.17) is 4.74 Å². The molecule has 6 heteroatoms. The van der Waals surface area contributed by atoms with E-state index in [9.17, 15) is 9.59 Å². The van der Waals surface area contributed by atoms with Crippen LogP contribution in [0, 0.1) is 0 Å². The van der Waals surface area contributed by atoms with Gasteiger partial charge in [-0.3, -0.25) is 0 Å². The number of anilines is 1. The number of para-hydroxylation sites is 1. The molecule has 0 saturated carbocycles. The van der Waals surface area contributed by atoms with Crippen LogP contribution in [0.5, 0.6) is 0 Å². The second-order valence-corrected chi connectivity index (χ2v) is 5.80. The van der Waals surface area contributed by atoms with Crippen molar-refractivity contribution >= 4 is 17.7 Å². The van der Waals surface area contributed by atoms with Gasteiger partial charge in [-0.05, 0) is 31.9 Å². The summed E-state index contributed by atoms with van der Waals surface area (Å²) in [6.07, 6.45) is 0.963. The summed E-state index contributed by atoms with van der Waals surface area (Å²) in [4.78, 5) is 26.0. The molecule has 23 heavy (non-hydrogen) atoms. The lowest BCUT2D eigenvalue weighted by molar-refractivity contribution is -0.138. The Balaban J connectivity index is 1.89. The summed E-state index contributed by atoms with van der Waals surface area (Å²) in [7, 11) is 0. The van der Waals surface area contributed by atoms with Crippen LogP contribution in [-0.2, 0) is 16.0 Å². The lowest BCUT2D eigenvalue weighted by Gasteiger charge is -2.29. The molecule has 2 heterocycles. The van der Waals surface area contributed by atoms with Crippen molar-refractivity contribution in [2.45, 2.75) is 26.3 Å². The normalized spacial score (nSPS) is 20.0. The number of esters is 1. The van der Waals surface area contributed by atoms with Crippen molar-refractivity contribution < 1.29 is 14.3 Å². The fourth-order valence-electron chi connectivity index (χ4n) is 3.12. The maximum atomic E-state index is 12.1. The first kappa shape index (κ1) is 15.4. The van der Waals surface area contributed by atoms with Crippen LogP contribution >= 0.6 is 0 Å². The van der Waals surface area contributed by atoms with Gasteiger partial charge >= 0.3 is 12.0 Å². The molecule has 122 valence electrons. The first-order valence-corrected chi connectivity index (χ1v) is 7.88. The zero-order valence-corrected chi connectivity index (χ0v) is 13.4. The maximum Gasteiger partial charge on any atom is 0.337 e. The Kier molecular flexibility index (Phi) is 4.23. The topological polar surface area (TPSA) is 70.7 Å². The number of ether oxygens (including phenoxy) is 1. The molecule has 0 aromatic heterocycles. The van der Waals surface area contributed by atoms with E-state index in [1.165, 1.54) is 5.56 Å². The van der Waals surface area contributed by atoms with Crippen molar-refractivity contribution in [2.24, 2.45) is 0 Å². The van der Waals surface area contributed by atoms with Crippen LogP contribution in [0.4, 0.5) is 10.5 Å². The number of amides is 2. The lowest BCUT2D eigenvalue weighted by Crippen LogP contribution is -2.47. The molecule has 1 aromatic rings. The molecule has 0 unspecified atom stereocenters. The second-order valence-electron chi connectivity index (χ2n) is 5.80. The minimum atomic E-state index is -0.380. The minimum Gasteiger partial charge on any atom is -0.463 e. The molecule has 0 radical (unpaired) electrons. The number of nitrogens with zero attached hydrogens (tertiary/aromatic N) is 1. The molecule has 1 aromatic carbocycles. The Morgan fingerprint density at radius 2 is 2.17 bits per heavy atom. The van der Waals surface area contributed by atoms with Crippen molar-refractivity contribution in [3.63, 3.8) is 0 Å². The average Bonchev–Trinajstić information content (AvgIpc) is 2.84. The highest BCUT2D eigenvalue weighted by atomic mass is 16.5. The molecule has 6 nitrogen and oxygen atoms in total. The molecule has 0 fully saturated rings. The van der Waals surface area contributed by atoms with E-state index in [1.807, 2.05) is 12.1 Å². The number of nitrogens with one attached hydrogen (secondary N) is 2. The van der Waals surface area contributed by atoms with Crippen LogP contribution in [0.2, 0.25) is 0 Å². The van der Waals surface area contributed by atoms with E-state index in [2.05, 4.69) is 34.6 Å². The molecule has 2 aliphatic rings. The third kappa shape index (κ3) is 3.02. The number of fused-ring (bicyclic) bond motifs is 1. The molecule has 0 bridgehead atoms. The van der Waals surface area contributed by atoms with E-state index in [0.717, 1.165) is 12.1 Å². The summed E-state index contributed by atoms with van der Waals surface area (Å²) in [6, 6.07) is 8.26. The fraction of sp³-hybridized carbons (Fsp3) is 0.412. The Bertz CT molecular complexity index is 669. The van der Waals surface area contributed by atoms with Crippen LogP contribution < -0.4 is 15.5 Å². The quantitative estimate of drug-likeness (QED) is 0.828. The third-order valence-electron chi connectivity index (χ3n) is 4.25.